The molecule has 2 amide bonds. The third kappa shape index (κ3) is 4.21. The molecule has 136 valence electrons. The Labute approximate surface area is 149 Å². The summed E-state index contributed by atoms with van der Waals surface area (Å²) in [4.78, 5) is 26.9. The molecular formula is C20H28N2O3. The van der Waals surface area contributed by atoms with Crippen LogP contribution >= 0.6 is 0 Å². The number of nitrogens with one attached hydrogen (secondary N) is 1. The Balaban J connectivity index is 1.65. The van der Waals surface area contributed by atoms with Crippen LogP contribution in [0.2, 0.25) is 0 Å². The molecule has 0 radical (unpaired) electrons. The molecule has 0 spiro atoms. The first-order chi connectivity index (χ1) is 12.1. The summed E-state index contributed by atoms with van der Waals surface area (Å²) in [7, 11) is 0. The molecule has 2 N–H and O–H groups in total. The summed E-state index contributed by atoms with van der Waals surface area (Å²) in [6.07, 6.45) is 5.76. The van der Waals surface area contributed by atoms with Crippen molar-refractivity contribution >= 4 is 11.8 Å². The molecule has 0 aromatic heterocycles. The van der Waals surface area contributed by atoms with Crippen LogP contribution in [0.3, 0.4) is 0 Å². The molecule has 2 atom stereocenters. The highest BCUT2D eigenvalue weighted by Gasteiger charge is 2.38. The summed E-state index contributed by atoms with van der Waals surface area (Å²) in [5.74, 6) is -0.434. The predicted octanol–water partition coefficient (Wildman–Crippen LogP) is 2.41. The van der Waals surface area contributed by atoms with E-state index in [1.807, 2.05) is 25.1 Å². The lowest BCUT2D eigenvalue weighted by Crippen LogP contribution is -2.52. The summed E-state index contributed by atoms with van der Waals surface area (Å²) in [5, 5.41) is 13.5. The van der Waals surface area contributed by atoms with Crippen molar-refractivity contribution in [3.8, 4) is 0 Å². The highest BCUT2D eigenvalue weighted by atomic mass is 16.3. The fraction of sp³-hybridized carbons (Fsp3) is 0.600. The third-order valence-corrected chi connectivity index (χ3v) is 5.41. The van der Waals surface area contributed by atoms with Gasteiger partial charge in [-0.05, 0) is 44.7 Å². The maximum Gasteiger partial charge on any atom is 0.254 e. The van der Waals surface area contributed by atoms with Crippen molar-refractivity contribution in [3.63, 3.8) is 0 Å². The zero-order valence-electron chi connectivity index (χ0n) is 14.9. The average Bonchev–Trinajstić information content (AvgIpc) is 3.11. The van der Waals surface area contributed by atoms with Crippen molar-refractivity contribution in [1.29, 1.82) is 0 Å². The number of nitrogens with zero attached hydrogens (tertiary/aromatic N) is 1. The number of hydrogen-bond acceptors (Lipinski definition) is 3. The Morgan fingerprint density at radius 3 is 2.64 bits per heavy atom. The second kappa shape index (κ2) is 8.00. The zero-order chi connectivity index (χ0) is 17.8. The Morgan fingerprint density at radius 1 is 1.16 bits per heavy atom. The molecule has 3 rings (SSSR count). The lowest BCUT2D eigenvalue weighted by molar-refractivity contribution is -0.132. The van der Waals surface area contributed by atoms with Gasteiger partial charge in [-0.3, -0.25) is 9.59 Å². The van der Waals surface area contributed by atoms with E-state index in [0.29, 0.717) is 18.5 Å². The summed E-state index contributed by atoms with van der Waals surface area (Å²) in [6.45, 7) is 2.54. The van der Waals surface area contributed by atoms with E-state index in [1.54, 1.807) is 11.0 Å². The Bertz CT molecular complexity index is 625. The van der Waals surface area contributed by atoms with Crippen molar-refractivity contribution in [1.82, 2.24) is 10.2 Å². The quantitative estimate of drug-likeness (QED) is 0.881. The van der Waals surface area contributed by atoms with Crippen molar-refractivity contribution in [2.75, 3.05) is 6.54 Å². The summed E-state index contributed by atoms with van der Waals surface area (Å²) >= 11 is 0. The molecule has 1 aromatic rings. The number of likely N-dealkylation sites (tertiary alicyclic amines) is 1. The third-order valence-electron chi connectivity index (χ3n) is 5.41. The fourth-order valence-electron chi connectivity index (χ4n) is 4.03. The lowest BCUT2D eigenvalue weighted by Gasteiger charge is -2.30. The van der Waals surface area contributed by atoms with E-state index in [2.05, 4.69) is 5.32 Å². The normalized spacial score (nSPS) is 22.6. The van der Waals surface area contributed by atoms with Crippen LogP contribution in [-0.2, 0) is 4.79 Å². The molecule has 1 aliphatic heterocycles. The van der Waals surface area contributed by atoms with Crippen molar-refractivity contribution in [2.45, 2.75) is 70.1 Å². The first-order valence-corrected chi connectivity index (χ1v) is 9.42. The van der Waals surface area contributed by atoms with E-state index in [1.165, 1.54) is 6.42 Å². The maximum atomic E-state index is 12.8. The van der Waals surface area contributed by atoms with Crippen LogP contribution in [0.15, 0.2) is 24.3 Å². The van der Waals surface area contributed by atoms with E-state index < -0.39 is 12.1 Å². The zero-order valence-corrected chi connectivity index (χ0v) is 14.9. The minimum absolute atomic E-state index is 0.101. The molecule has 1 aliphatic carbocycles. The molecule has 1 saturated heterocycles. The minimum atomic E-state index is -1.15. The van der Waals surface area contributed by atoms with Gasteiger partial charge in [0.1, 0.15) is 0 Å². The largest absolute Gasteiger partial charge is 0.381 e. The fourth-order valence-corrected chi connectivity index (χ4v) is 4.03. The van der Waals surface area contributed by atoms with E-state index >= 15 is 0 Å². The van der Waals surface area contributed by atoms with E-state index in [4.69, 9.17) is 0 Å². The number of amides is 2. The molecule has 1 saturated carbocycles. The molecule has 1 aromatic carbocycles. The topological polar surface area (TPSA) is 69.6 Å². The van der Waals surface area contributed by atoms with Crippen LogP contribution < -0.4 is 5.32 Å². The molecule has 1 unspecified atom stereocenters. The number of aliphatic hydroxyl groups is 1. The molecule has 5 heteroatoms. The number of aryl methyl sites for hydroxylation is 1. The number of aliphatic hydroxyl groups excluding tert-OH is 1. The molecule has 1 heterocycles. The number of hydrogen-bond donors (Lipinski definition) is 2. The standard InChI is InChI=1S/C20H28N2O3/c1-14-7-5-8-15(13-14)20(25)22-12-6-11-17(22)18(23)19(24)21-16-9-3-2-4-10-16/h5,7-8,13,16-18,23H,2-4,6,9-12H2,1H3,(H,21,24)/t17-,18?/m0/s1. The smallest absolute Gasteiger partial charge is 0.254 e. The van der Waals surface area contributed by atoms with Crippen LogP contribution in [0.5, 0.6) is 0 Å². The summed E-state index contributed by atoms with van der Waals surface area (Å²) in [6, 6.07) is 7.19. The highest BCUT2D eigenvalue weighted by Crippen LogP contribution is 2.24. The van der Waals surface area contributed by atoms with Gasteiger partial charge in [0.2, 0.25) is 0 Å². The second-order valence-corrected chi connectivity index (χ2v) is 7.37. The highest BCUT2D eigenvalue weighted by molar-refractivity contribution is 5.95. The SMILES string of the molecule is Cc1cccc(C(=O)N2CCC[C@H]2C(O)C(=O)NC2CCCCC2)c1. The number of carbonyl (C=O) groups is 2. The Kier molecular flexibility index (Phi) is 5.74. The summed E-state index contributed by atoms with van der Waals surface area (Å²) in [5.41, 5.74) is 1.64. The van der Waals surface area contributed by atoms with Crippen LogP contribution in [0, 0.1) is 6.92 Å². The van der Waals surface area contributed by atoms with Gasteiger partial charge in [0.25, 0.3) is 11.8 Å². The predicted molar refractivity (Wildman–Crippen MR) is 96.3 cm³/mol. The Hall–Kier alpha value is -1.88. The maximum absolute atomic E-state index is 12.8. The van der Waals surface area contributed by atoms with Gasteiger partial charge in [0, 0.05) is 18.2 Å². The van der Waals surface area contributed by atoms with Gasteiger partial charge >= 0.3 is 0 Å². The van der Waals surface area contributed by atoms with Crippen LogP contribution in [0.1, 0.15) is 60.9 Å². The summed E-state index contributed by atoms with van der Waals surface area (Å²) < 4.78 is 0. The molecule has 0 bridgehead atoms. The molecule has 2 aliphatic rings. The lowest BCUT2D eigenvalue weighted by atomic mass is 9.95. The van der Waals surface area contributed by atoms with Gasteiger partial charge in [0.05, 0.1) is 6.04 Å². The van der Waals surface area contributed by atoms with Gasteiger partial charge in [0.15, 0.2) is 6.10 Å². The Morgan fingerprint density at radius 2 is 1.92 bits per heavy atom. The second-order valence-electron chi connectivity index (χ2n) is 7.37. The van der Waals surface area contributed by atoms with Crippen LogP contribution in [0.4, 0.5) is 0 Å². The van der Waals surface area contributed by atoms with E-state index in [0.717, 1.165) is 37.7 Å². The first-order valence-electron chi connectivity index (χ1n) is 9.42. The van der Waals surface area contributed by atoms with Crippen LogP contribution in [0.25, 0.3) is 0 Å². The number of benzene rings is 1. The van der Waals surface area contributed by atoms with Crippen LogP contribution in [-0.4, -0.2) is 46.6 Å². The molecule has 2 fully saturated rings. The van der Waals surface area contributed by atoms with Gasteiger partial charge in [-0.25, -0.2) is 0 Å². The monoisotopic (exact) mass is 344 g/mol. The number of rotatable bonds is 4. The van der Waals surface area contributed by atoms with Crippen molar-refractivity contribution in [3.05, 3.63) is 35.4 Å². The van der Waals surface area contributed by atoms with Gasteiger partial charge < -0.3 is 15.3 Å². The van der Waals surface area contributed by atoms with E-state index in [-0.39, 0.29) is 17.9 Å². The molecule has 5 nitrogen and oxygen atoms in total. The number of carbonyl (C=O) groups excluding carboxylic acids is 2. The average molecular weight is 344 g/mol. The molecular weight excluding hydrogens is 316 g/mol. The van der Waals surface area contributed by atoms with Crippen molar-refractivity contribution < 1.29 is 14.7 Å². The van der Waals surface area contributed by atoms with Crippen molar-refractivity contribution in [2.24, 2.45) is 0 Å². The van der Waals surface area contributed by atoms with Gasteiger partial charge in [-0.1, -0.05) is 37.0 Å². The van der Waals surface area contributed by atoms with Gasteiger partial charge in [-0.2, -0.15) is 0 Å². The van der Waals surface area contributed by atoms with E-state index in [9.17, 15) is 14.7 Å². The molecule has 25 heavy (non-hydrogen) atoms. The minimum Gasteiger partial charge on any atom is -0.381 e. The first kappa shape index (κ1) is 17.9. The van der Waals surface area contributed by atoms with Gasteiger partial charge in [-0.15, -0.1) is 0 Å².